The number of likely N-dealkylation sites (tertiary alicyclic amines) is 1. The van der Waals surface area contributed by atoms with Crippen LogP contribution in [0.4, 0.5) is 13.2 Å². The van der Waals surface area contributed by atoms with Crippen LogP contribution in [0.15, 0.2) is 34.2 Å². The lowest BCUT2D eigenvalue weighted by Gasteiger charge is -2.39. The van der Waals surface area contributed by atoms with Gasteiger partial charge in [-0.25, -0.2) is 4.98 Å². The maximum atomic E-state index is 13.8. The highest BCUT2D eigenvalue weighted by Gasteiger charge is 2.32. The van der Waals surface area contributed by atoms with Crippen molar-refractivity contribution in [2.45, 2.75) is 82.2 Å². The number of aryl methyl sites for hydroxylation is 2. The van der Waals surface area contributed by atoms with Gasteiger partial charge in [0.05, 0.1) is 22.4 Å². The Kier molecular flexibility index (Phi) is 6.93. The fourth-order valence-corrected chi connectivity index (χ4v) is 7.63. The maximum absolute atomic E-state index is 13.8. The zero-order chi connectivity index (χ0) is 25.6. The Hall–Kier alpha value is -2.33. The number of hydrogen-bond donors (Lipinski definition) is 0. The topological polar surface area (TPSA) is 55.2 Å². The molecule has 36 heavy (non-hydrogen) atoms. The predicted octanol–water partition coefficient (Wildman–Crippen LogP) is 6.23. The van der Waals surface area contributed by atoms with Crippen LogP contribution in [0, 0.1) is 0 Å². The van der Waals surface area contributed by atoms with E-state index in [2.05, 4.69) is 0 Å². The second-order valence-electron chi connectivity index (χ2n) is 9.69. The zero-order valence-electron chi connectivity index (χ0n) is 20.2. The van der Waals surface area contributed by atoms with Crippen molar-refractivity contribution < 1.29 is 18.0 Å². The van der Waals surface area contributed by atoms with E-state index in [-0.39, 0.29) is 40.1 Å². The molecule has 0 N–H and O–H groups in total. The Morgan fingerprint density at radius 1 is 1.14 bits per heavy atom. The molecule has 1 aliphatic carbocycles. The molecule has 2 aromatic heterocycles. The third-order valence-corrected chi connectivity index (χ3v) is 9.31. The smallest absolute Gasteiger partial charge is 0.337 e. The first-order valence-electron chi connectivity index (χ1n) is 12.3. The summed E-state index contributed by atoms with van der Waals surface area (Å²) in [4.78, 5) is 35.4. The highest BCUT2D eigenvalue weighted by molar-refractivity contribution is 7.99. The second kappa shape index (κ2) is 9.85. The van der Waals surface area contributed by atoms with Gasteiger partial charge in [-0.3, -0.25) is 14.2 Å². The number of amides is 1. The summed E-state index contributed by atoms with van der Waals surface area (Å²) in [6.45, 7) is 4.08. The minimum Gasteiger partial charge on any atom is -0.337 e. The third-order valence-electron chi connectivity index (χ3n) is 7.20. The summed E-state index contributed by atoms with van der Waals surface area (Å²) in [6.07, 6.45) is 2.10. The number of rotatable bonds is 4. The van der Waals surface area contributed by atoms with Gasteiger partial charge in [0.1, 0.15) is 4.83 Å². The molecule has 2 aliphatic rings. The minimum atomic E-state index is -4.54. The van der Waals surface area contributed by atoms with E-state index < -0.39 is 11.7 Å². The van der Waals surface area contributed by atoms with Gasteiger partial charge in [0.2, 0.25) is 5.91 Å². The normalized spacial score (nSPS) is 20.5. The van der Waals surface area contributed by atoms with Gasteiger partial charge in [0.15, 0.2) is 5.16 Å². The van der Waals surface area contributed by atoms with E-state index in [4.69, 9.17) is 4.98 Å². The molecule has 5 rings (SSSR count). The Labute approximate surface area is 215 Å². The average Bonchev–Trinajstić information content (AvgIpc) is 3.21. The van der Waals surface area contributed by atoms with E-state index in [0.717, 1.165) is 79.3 Å². The lowest BCUT2D eigenvalue weighted by Crippen LogP contribution is -2.48. The number of thioether (sulfide) groups is 1. The second-order valence-corrected chi connectivity index (χ2v) is 11.7. The van der Waals surface area contributed by atoms with Gasteiger partial charge in [-0.2, -0.15) is 13.2 Å². The molecular formula is C26H28F3N3O2S2. The molecule has 3 aromatic rings. The van der Waals surface area contributed by atoms with E-state index in [1.54, 1.807) is 0 Å². The molecule has 0 spiro atoms. The molecule has 2 atom stereocenters. The summed E-state index contributed by atoms with van der Waals surface area (Å²) in [6, 6.07) is 5.02. The van der Waals surface area contributed by atoms with Gasteiger partial charge < -0.3 is 4.90 Å². The third kappa shape index (κ3) is 4.69. The van der Waals surface area contributed by atoms with E-state index in [1.807, 2.05) is 18.7 Å². The molecule has 3 heterocycles. The van der Waals surface area contributed by atoms with Crippen molar-refractivity contribution in [1.29, 1.82) is 0 Å². The first-order valence-corrected chi connectivity index (χ1v) is 14.1. The first-order chi connectivity index (χ1) is 17.1. The molecule has 1 amide bonds. The Morgan fingerprint density at radius 3 is 2.58 bits per heavy atom. The van der Waals surface area contributed by atoms with Crippen molar-refractivity contribution in [3.05, 3.63) is 50.6 Å². The van der Waals surface area contributed by atoms with Gasteiger partial charge in [-0.1, -0.05) is 17.8 Å². The molecule has 0 bridgehead atoms. The molecular weight excluding hydrogens is 507 g/mol. The van der Waals surface area contributed by atoms with Crippen LogP contribution in [-0.2, 0) is 23.8 Å². The number of halogens is 3. The lowest BCUT2D eigenvalue weighted by atomic mass is 9.97. The van der Waals surface area contributed by atoms with Crippen LogP contribution in [0.3, 0.4) is 0 Å². The molecule has 10 heteroatoms. The average molecular weight is 536 g/mol. The number of nitrogens with zero attached hydrogens (tertiary/aromatic N) is 3. The standard InChI is InChI=1S/C26H28F3N3O2S2/c1-15-7-5-8-16(2)31(15)21(33)14-35-25-30-23-22(19-11-3-4-12-20(19)36-23)24(34)32(25)18-10-6-9-17(13-18)26(27,28)29/h6,9-10,13,15-16H,3-5,7-8,11-12,14H2,1-2H3. The van der Waals surface area contributed by atoms with Crippen LogP contribution in [0.2, 0.25) is 0 Å². The van der Waals surface area contributed by atoms with Gasteiger partial charge >= 0.3 is 6.18 Å². The number of hydrogen-bond acceptors (Lipinski definition) is 5. The number of carbonyl (C=O) groups is 1. The number of piperidine rings is 1. The summed E-state index contributed by atoms with van der Waals surface area (Å²) in [7, 11) is 0. The molecule has 0 radical (unpaired) electrons. The Bertz CT molecular complexity index is 1350. The maximum Gasteiger partial charge on any atom is 0.416 e. The van der Waals surface area contributed by atoms with E-state index in [0.29, 0.717) is 10.2 Å². The summed E-state index contributed by atoms with van der Waals surface area (Å²) in [5, 5.41) is 0.747. The molecule has 1 fully saturated rings. The fourth-order valence-electron chi connectivity index (χ4n) is 5.45. The quantitative estimate of drug-likeness (QED) is 0.294. The molecule has 0 saturated carbocycles. The summed E-state index contributed by atoms with van der Waals surface area (Å²) >= 11 is 2.61. The summed E-state index contributed by atoms with van der Waals surface area (Å²) in [5.74, 6) is 0.0200. The summed E-state index contributed by atoms with van der Waals surface area (Å²) < 4.78 is 41.7. The van der Waals surface area contributed by atoms with Crippen LogP contribution < -0.4 is 5.56 Å². The summed E-state index contributed by atoms with van der Waals surface area (Å²) in [5.41, 5.74) is -0.117. The number of thiophene rings is 1. The lowest BCUT2D eigenvalue weighted by molar-refractivity contribution is -0.137. The predicted molar refractivity (Wildman–Crippen MR) is 137 cm³/mol. The molecule has 5 nitrogen and oxygen atoms in total. The Morgan fingerprint density at radius 2 is 1.86 bits per heavy atom. The van der Waals surface area contributed by atoms with Crippen LogP contribution in [-0.4, -0.2) is 38.2 Å². The van der Waals surface area contributed by atoms with Crippen molar-refractivity contribution in [3.63, 3.8) is 0 Å². The van der Waals surface area contributed by atoms with Gasteiger partial charge in [0, 0.05) is 17.0 Å². The fraction of sp³-hybridized carbons (Fsp3) is 0.500. The highest BCUT2D eigenvalue weighted by Crippen LogP contribution is 2.36. The van der Waals surface area contributed by atoms with Crippen LogP contribution >= 0.6 is 23.1 Å². The van der Waals surface area contributed by atoms with Crippen molar-refractivity contribution in [2.75, 3.05) is 5.75 Å². The van der Waals surface area contributed by atoms with Crippen LogP contribution in [0.1, 0.15) is 62.0 Å². The molecule has 192 valence electrons. The van der Waals surface area contributed by atoms with E-state index in [1.165, 1.54) is 28.0 Å². The van der Waals surface area contributed by atoms with Crippen LogP contribution in [0.5, 0.6) is 0 Å². The first kappa shape index (κ1) is 25.3. The molecule has 2 unspecified atom stereocenters. The number of alkyl halides is 3. The molecule has 1 aromatic carbocycles. The van der Waals surface area contributed by atoms with E-state index in [9.17, 15) is 22.8 Å². The minimum absolute atomic E-state index is 0.0462. The van der Waals surface area contributed by atoms with Crippen molar-refractivity contribution >= 4 is 39.2 Å². The number of carbonyl (C=O) groups excluding carboxylic acids is 1. The van der Waals surface area contributed by atoms with E-state index >= 15 is 0 Å². The van der Waals surface area contributed by atoms with Crippen molar-refractivity contribution in [2.24, 2.45) is 0 Å². The number of fused-ring (bicyclic) bond motifs is 3. The van der Waals surface area contributed by atoms with Crippen molar-refractivity contribution in [1.82, 2.24) is 14.5 Å². The van der Waals surface area contributed by atoms with Gasteiger partial charge in [-0.15, -0.1) is 11.3 Å². The Balaban J connectivity index is 1.59. The highest BCUT2D eigenvalue weighted by atomic mass is 32.2. The van der Waals surface area contributed by atoms with Gasteiger partial charge in [-0.05, 0) is 82.6 Å². The molecule has 1 saturated heterocycles. The van der Waals surface area contributed by atoms with Crippen LogP contribution in [0.25, 0.3) is 15.9 Å². The number of benzene rings is 1. The molecule has 1 aliphatic heterocycles. The SMILES string of the molecule is CC1CCCC(C)N1C(=O)CSc1nc2sc3c(c2c(=O)n1-c1cccc(C(F)(F)F)c1)CCCC3. The monoisotopic (exact) mass is 535 g/mol. The largest absolute Gasteiger partial charge is 0.416 e. The van der Waals surface area contributed by atoms with Crippen molar-refractivity contribution in [3.8, 4) is 5.69 Å². The number of aromatic nitrogens is 2. The zero-order valence-corrected chi connectivity index (χ0v) is 21.9. The van der Waals surface area contributed by atoms with Gasteiger partial charge in [0.25, 0.3) is 5.56 Å².